The SMILES string of the molecule is Cc1cccc(C)c1NCC(=O)N/N=C\c1ccc(O)cc1O. The monoisotopic (exact) mass is 313 g/mol. The molecule has 0 aromatic heterocycles. The van der Waals surface area contributed by atoms with E-state index in [0.717, 1.165) is 16.8 Å². The Morgan fingerprint density at radius 3 is 2.52 bits per heavy atom. The van der Waals surface area contributed by atoms with Crippen LogP contribution in [0, 0.1) is 13.8 Å². The summed E-state index contributed by atoms with van der Waals surface area (Å²) in [5.41, 5.74) is 5.83. The molecular formula is C17H19N3O3. The summed E-state index contributed by atoms with van der Waals surface area (Å²) >= 11 is 0. The predicted molar refractivity (Wildman–Crippen MR) is 89.9 cm³/mol. The van der Waals surface area contributed by atoms with Crippen LogP contribution in [0.2, 0.25) is 0 Å². The summed E-state index contributed by atoms with van der Waals surface area (Å²) in [6.45, 7) is 4.03. The summed E-state index contributed by atoms with van der Waals surface area (Å²) in [5, 5.41) is 25.6. The topological polar surface area (TPSA) is 94.0 Å². The highest BCUT2D eigenvalue weighted by molar-refractivity contribution is 5.86. The minimum Gasteiger partial charge on any atom is -0.508 e. The zero-order valence-corrected chi connectivity index (χ0v) is 13.0. The van der Waals surface area contributed by atoms with E-state index in [9.17, 15) is 15.0 Å². The maximum Gasteiger partial charge on any atom is 0.259 e. The fourth-order valence-electron chi connectivity index (χ4n) is 2.12. The first kappa shape index (κ1) is 16.4. The number of amides is 1. The molecule has 0 unspecified atom stereocenters. The number of phenolic OH excluding ortho intramolecular Hbond substituents is 2. The number of carbonyl (C=O) groups is 1. The first-order valence-corrected chi connectivity index (χ1v) is 7.11. The number of nitrogens with one attached hydrogen (secondary N) is 2. The van der Waals surface area contributed by atoms with Crippen LogP contribution in [0.1, 0.15) is 16.7 Å². The van der Waals surface area contributed by atoms with Gasteiger partial charge in [-0.2, -0.15) is 5.10 Å². The smallest absolute Gasteiger partial charge is 0.259 e. The third-order valence-corrected chi connectivity index (χ3v) is 3.31. The van der Waals surface area contributed by atoms with Crippen LogP contribution >= 0.6 is 0 Å². The van der Waals surface area contributed by atoms with Crippen molar-refractivity contribution in [1.82, 2.24) is 5.43 Å². The van der Waals surface area contributed by atoms with Crippen molar-refractivity contribution in [3.8, 4) is 11.5 Å². The molecule has 2 rings (SSSR count). The molecule has 0 spiro atoms. The molecule has 0 fully saturated rings. The van der Waals surface area contributed by atoms with Gasteiger partial charge in [-0.1, -0.05) is 18.2 Å². The van der Waals surface area contributed by atoms with Crippen molar-refractivity contribution in [2.24, 2.45) is 5.10 Å². The van der Waals surface area contributed by atoms with Crippen molar-refractivity contribution in [3.63, 3.8) is 0 Å². The number of phenols is 2. The molecule has 0 aliphatic carbocycles. The molecule has 2 aromatic carbocycles. The summed E-state index contributed by atoms with van der Waals surface area (Å²) < 4.78 is 0. The summed E-state index contributed by atoms with van der Waals surface area (Å²) in [7, 11) is 0. The summed E-state index contributed by atoms with van der Waals surface area (Å²) in [6.07, 6.45) is 1.31. The van der Waals surface area contributed by atoms with Crippen LogP contribution in [-0.4, -0.2) is 28.9 Å². The Hall–Kier alpha value is -3.02. The van der Waals surface area contributed by atoms with Crippen molar-refractivity contribution in [3.05, 3.63) is 53.1 Å². The number of aryl methyl sites for hydroxylation is 2. The second-order valence-corrected chi connectivity index (χ2v) is 5.16. The molecule has 0 aliphatic heterocycles. The van der Waals surface area contributed by atoms with Gasteiger partial charge in [0.2, 0.25) is 0 Å². The highest BCUT2D eigenvalue weighted by atomic mass is 16.3. The number of carbonyl (C=O) groups excluding carboxylic acids is 1. The number of aromatic hydroxyl groups is 2. The van der Waals surface area contributed by atoms with E-state index >= 15 is 0 Å². The van der Waals surface area contributed by atoms with E-state index in [1.165, 1.54) is 24.4 Å². The molecule has 120 valence electrons. The van der Waals surface area contributed by atoms with Crippen LogP contribution in [0.5, 0.6) is 11.5 Å². The molecule has 0 atom stereocenters. The maximum atomic E-state index is 11.8. The van der Waals surface area contributed by atoms with Crippen LogP contribution in [0.4, 0.5) is 5.69 Å². The Labute approximate surface area is 134 Å². The Bertz CT molecular complexity index is 722. The molecule has 6 heteroatoms. The average Bonchev–Trinajstić information content (AvgIpc) is 2.49. The lowest BCUT2D eigenvalue weighted by molar-refractivity contribution is -0.119. The molecule has 6 nitrogen and oxygen atoms in total. The minimum atomic E-state index is -0.304. The molecule has 0 bridgehead atoms. The van der Waals surface area contributed by atoms with Gasteiger partial charge in [0.05, 0.1) is 12.8 Å². The van der Waals surface area contributed by atoms with Gasteiger partial charge in [0, 0.05) is 17.3 Å². The third-order valence-electron chi connectivity index (χ3n) is 3.31. The second kappa shape index (κ2) is 7.31. The minimum absolute atomic E-state index is 0.0403. The van der Waals surface area contributed by atoms with Crippen molar-refractivity contribution >= 4 is 17.8 Å². The van der Waals surface area contributed by atoms with Crippen LogP contribution in [0.3, 0.4) is 0 Å². The Morgan fingerprint density at radius 1 is 1.17 bits per heavy atom. The van der Waals surface area contributed by atoms with Crippen molar-refractivity contribution < 1.29 is 15.0 Å². The highest BCUT2D eigenvalue weighted by Crippen LogP contribution is 2.21. The van der Waals surface area contributed by atoms with E-state index in [2.05, 4.69) is 15.8 Å². The zero-order valence-electron chi connectivity index (χ0n) is 13.0. The molecule has 23 heavy (non-hydrogen) atoms. The van der Waals surface area contributed by atoms with E-state index in [4.69, 9.17) is 0 Å². The van der Waals surface area contributed by atoms with Gasteiger partial charge in [0.15, 0.2) is 0 Å². The van der Waals surface area contributed by atoms with E-state index in [0.29, 0.717) is 5.56 Å². The molecule has 0 saturated carbocycles. The number of nitrogens with zero attached hydrogens (tertiary/aromatic N) is 1. The van der Waals surface area contributed by atoms with Gasteiger partial charge in [-0.05, 0) is 37.1 Å². The van der Waals surface area contributed by atoms with Gasteiger partial charge in [-0.15, -0.1) is 0 Å². The molecular weight excluding hydrogens is 294 g/mol. The maximum absolute atomic E-state index is 11.8. The average molecular weight is 313 g/mol. The Morgan fingerprint density at radius 2 is 1.87 bits per heavy atom. The van der Waals surface area contributed by atoms with Crippen molar-refractivity contribution in [2.45, 2.75) is 13.8 Å². The molecule has 2 aromatic rings. The normalized spacial score (nSPS) is 10.7. The number of hydrazone groups is 1. The third kappa shape index (κ3) is 4.47. The van der Waals surface area contributed by atoms with E-state index in [1.54, 1.807) is 0 Å². The molecule has 0 aliphatic rings. The molecule has 0 heterocycles. The van der Waals surface area contributed by atoms with Gasteiger partial charge in [0.1, 0.15) is 11.5 Å². The molecule has 0 radical (unpaired) electrons. The second-order valence-electron chi connectivity index (χ2n) is 5.16. The van der Waals surface area contributed by atoms with Crippen LogP contribution in [0.15, 0.2) is 41.5 Å². The van der Waals surface area contributed by atoms with Crippen LogP contribution < -0.4 is 10.7 Å². The van der Waals surface area contributed by atoms with Gasteiger partial charge in [-0.3, -0.25) is 4.79 Å². The van der Waals surface area contributed by atoms with Crippen LogP contribution in [-0.2, 0) is 4.79 Å². The summed E-state index contributed by atoms with van der Waals surface area (Å²) in [5.74, 6) is -0.458. The van der Waals surface area contributed by atoms with Crippen LogP contribution in [0.25, 0.3) is 0 Å². The Balaban J connectivity index is 1.89. The number of benzene rings is 2. The zero-order chi connectivity index (χ0) is 16.8. The number of anilines is 1. The lowest BCUT2D eigenvalue weighted by atomic mass is 10.1. The van der Waals surface area contributed by atoms with Crippen molar-refractivity contribution in [2.75, 3.05) is 11.9 Å². The lowest BCUT2D eigenvalue weighted by Crippen LogP contribution is -2.26. The summed E-state index contributed by atoms with van der Waals surface area (Å²) in [4.78, 5) is 11.8. The number of hydrogen-bond donors (Lipinski definition) is 4. The van der Waals surface area contributed by atoms with Gasteiger partial charge in [0.25, 0.3) is 5.91 Å². The predicted octanol–water partition coefficient (Wildman–Crippen LogP) is 2.28. The quantitative estimate of drug-likeness (QED) is 0.503. The molecule has 0 saturated heterocycles. The number of hydrogen-bond acceptors (Lipinski definition) is 5. The van der Waals surface area contributed by atoms with Gasteiger partial charge < -0.3 is 15.5 Å². The van der Waals surface area contributed by atoms with Gasteiger partial charge in [-0.25, -0.2) is 5.43 Å². The number of rotatable bonds is 5. The summed E-state index contributed by atoms with van der Waals surface area (Å²) in [6, 6.07) is 10.0. The Kier molecular flexibility index (Phi) is 5.19. The van der Waals surface area contributed by atoms with E-state index in [1.807, 2.05) is 32.0 Å². The fourth-order valence-corrected chi connectivity index (χ4v) is 2.12. The standard InChI is InChI=1S/C17H19N3O3/c1-11-4-3-5-12(2)17(11)18-10-16(23)20-19-9-13-6-7-14(21)8-15(13)22/h3-9,18,21-22H,10H2,1-2H3,(H,20,23)/b19-9-. The first-order valence-electron chi connectivity index (χ1n) is 7.11. The molecule has 1 amide bonds. The first-order chi connectivity index (χ1) is 11.0. The lowest BCUT2D eigenvalue weighted by Gasteiger charge is -2.11. The van der Waals surface area contributed by atoms with E-state index in [-0.39, 0.29) is 24.0 Å². The van der Waals surface area contributed by atoms with E-state index < -0.39 is 0 Å². The highest BCUT2D eigenvalue weighted by Gasteiger charge is 2.04. The number of para-hydroxylation sites is 1. The molecule has 4 N–H and O–H groups in total. The van der Waals surface area contributed by atoms with Gasteiger partial charge >= 0.3 is 0 Å². The largest absolute Gasteiger partial charge is 0.508 e. The fraction of sp³-hybridized carbons (Fsp3) is 0.176. The van der Waals surface area contributed by atoms with Crippen molar-refractivity contribution in [1.29, 1.82) is 0 Å².